The van der Waals surface area contributed by atoms with Crippen LogP contribution in [0.3, 0.4) is 0 Å². The topological polar surface area (TPSA) is 67.7 Å². The Morgan fingerprint density at radius 2 is 1.85 bits per heavy atom. The van der Waals surface area contributed by atoms with Gasteiger partial charge in [-0.2, -0.15) is 13.2 Å². The van der Waals surface area contributed by atoms with Gasteiger partial charge in [0.25, 0.3) is 5.91 Å². The van der Waals surface area contributed by atoms with Crippen molar-refractivity contribution in [1.29, 1.82) is 0 Å². The van der Waals surface area contributed by atoms with Crippen LogP contribution < -0.4 is 15.4 Å². The number of nitrogens with zero attached hydrogens (tertiary/aromatic N) is 2. The van der Waals surface area contributed by atoms with E-state index in [-0.39, 0.29) is 12.5 Å². The zero-order valence-electron chi connectivity index (χ0n) is 18.6. The first kappa shape index (κ1) is 23.2. The molecule has 0 unspecified atom stereocenters. The van der Waals surface area contributed by atoms with E-state index in [2.05, 4.69) is 15.6 Å². The van der Waals surface area contributed by atoms with Crippen LogP contribution in [0.5, 0.6) is 11.5 Å². The summed E-state index contributed by atoms with van der Waals surface area (Å²) in [6, 6.07) is 16.1. The highest BCUT2D eigenvalue weighted by Crippen LogP contribution is 2.32. The highest BCUT2D eigenvalue weighted by molar-refractivity contribution is 5.96. The van der Waals surface area contributed by atoms with Gasteiger partial charge >= 0.3 is 6.18 Å². The lowest BCUT2D eigenvalue weighted by Gasteiger charge is -2.14. The second-order valence-corrected chi connectivity index (χ2v) is 7.74. The molecule has 0 aliphatic carbocycles. The minimum atomic E-state index is -4.27. The van der Waals surface area contributed by atoms with Crippen LogP contribution >= 0.6 is 0 Å². The molecule has 2 N–H and O–H groups in total. The molecule has 0 aliphatic heterocycles. The van der Waals surface area contributed by atoms with Crippen molar-refractivity contribution in [1.82, 2.24) is 14.7 Å². The Kier molecular flexibility index (Phi) is 6.45. The normalized spacial score (nSPS) is 11.4. The number of pyridine rings is 1. The average Bonchev–Trinajstić information content (AvgIpc) is 3.22. The minimum Gasteiger partial charge on any atom is -0.456 e. The van der Waals surface area contributed by atoms with E-state index in [0.29, 0.717) is 34.1 Å². The third-order valence-corrected chi connectivity index (χ3v) is 5.28. The van der Waals surface area contributed by atoms with E-state index in [1.54, 1.807) is 48.1 Å². The zero-order chi connectivity index (χ0) is 24.3. The van der Waals surface area contributed by atoms with Crippen molar-refractivity contribution in [2.45, 2.75) is 19.5 Å². The zero-order valence-corrected chi connectivity index (χ0v) is 18.6. The van der Waals surface area contributed by atoms with Crippen LogP contribution in [-0.4, -0.2) is 35.1 Å². The van der Waals surface area contributed by atoms with Crippen molar-refractivity contribution in [3.05, 3.63) is 78.1 Å². The van der Waals surface area contributed by atoms with Crippen LogP contribution in [0.25, 0.3) is 16.9 Å². The molecule has 0 saturated carbocycles. The molecule has 9 heteroatoms. The van der Waals surface area contributed by atoms with E-state index in [0.717, 1.165) is 11.1 Å². The van der Waals surface area contributed by atoms with Gasteiger partial charge in [-0.3, -0.25) is 9.20 Å². The number of carbonyl (C=O) groups excluding carboxylic acids is 1. The van der Waals surface area contributed by atoms with E-state index in [1.165, 1.54) is 0 Å². The van der Waals surface area contributed by atoms with E-state index in [9.17, 15) is 18.0 Å². The molecule has 0 atom stereocenters. The molecule has 1 amide bonds. The molecular weight excluding hydrogens is 445 g/mol. The van der Waals surface area contributed by atoms with Crippen molar-refractivity contribution < 1.29 is 22.7 Å². The summed E-state index contributed by atoms with van der Waals surface area (Å²) in [5.74, 6) is 0.846. The number of ether oxygens (including phenoxy) is 1. The maximum atomic E-state index is 12.7. The summed E-state index contributed by atoms with van der Waals surface area (Å²) in [5.41, 5.74) is 3.73. The third kappa shape index (κ3) is 5.14. The molecule has 4 rings (SSSR count). The molecule has 2 aromatic carbocycles. The van der Waals surface area contributed by atoms with Gasteiger partial charge in [0, 0.05) is 30.8 Å². The Bertz CT molecular complexity index is 1320. The highest BCUT2D eigenvalue weighted by Gasteiger charge is 2.26. The lowest BCUT2D eigenvalue weighted by Crippen LogP contribution is -2.18. The van der Waals surface area contributed by atoms with Crippen LogP contribution in [0.2, 0.25) is 0 Å². The predicted octanol–water partition coefficient (Wildman–Crippen LogP) is 5.83. The summed E-state index contributed by atoms with van der Waals surface area (Å²) in [5, 5.41) is 5.45. The molecule has 0 radical (unpaired) electrons. The molecule has 176 valence electrons. The monoisotopic (exact) mass is 468 g/mol. The maximum Gasteiger partial charge on any atom is 0.390 e. The molecule has 0 saturated heterocycles. The standard InChI is InChI=1S/C25H23F3N4O2/c1-16-12-17(8-9-20(16)24(33)29-2)22-14-31-23-21(30-11-10-25(26,27)28)13-19(15-32(22)23)34-18-6-4-3-5-7-18/h3-9,12-15,30H,10-11H2,1-2H3,(H,29,33). The van der Waals surface area contributed by atoms with Gasteiger partial charge < -0.3 is 15.4 Å². The number of alkyl halides is 3. The number of aryl methyl sites for hydroxylation is 1. The van der Waals surface area contributed by atoms with Crippen LogP contribution in [0.15, 0.2) is 67.0 Å². The van der Waals surface area contributed by atoms with Gasteiger partial charge in [-0.1, -0.05) is 24.3 Å². The molecule has 2 heterocycles. The molecule has 6 nitrogen and oxygen atoms in total. The van der Waals surface area contributed by atoms with Gasteiger partial charge in [0.2, 0.25) is 0 Å². The van der Waals surface area contributed by atoms with Gasteiger partial charge in [0.1, 0.15) is 11.5 Å². The fourth-order valence-corrected chi connectivity index (χ4v) is 3.64. The number of carbonyl (C=O) groups is 1. The minimum absolute atomic E-state index is 0.183. The van der Waals surface area contributed by atoms with Gasteiger partial charge in [-0.25, -0.2) is 4.98 Å². The summed E-state index contributed by atoms with van der Waals surface area (Å²) in [6.07, 6.45) is -1.87. The van der Waals surface area contributed by atoms with E-state index in [4.69, 9.17) is 4.74 Å². The summed E-state index contributed by atoms with van der Waals surface area (Å²) in [4.78, 5) is 16.5. The number of aromatic nitrogens is 2. The van der Waals surface area contributed by atoms with Crippen molar-refractivity contribution in [2.24, 2.45) is 0 Å². The van der Waals surface area contributed by atoms with Crippen molar-refractivity contribution in [3.8, 4) is 22.8 Å². The van der Waals surface area contributed by atoms with Crippen molar-refractivity contribution in [3.63, 3.8) is 0 Å². The van der Waals surface area contributed by atoms with E-state index >= 15 is 0 Å². The molecule has 34 heavy (non-hydrogen) atoms. The summed E-state index contributed by atoms with van der Waals surface area (Å²) in [7, 11) is 1.57. The molecule has 0 bridgehead atoms. The van der Waals surface area contributed by atoms with Crippen LogP contribution in [0.4, 0.5) is 18.9 Å². The van der Waals surface area contributed by atoms with Gasteiger partial charge in [0.05, 0.1) is 30.2 Å². The van der Waals surface area contributed by atoms with Crippen molar-refractivity contribution in [2.75, 3.05) is 18.9 Å². The largest absolute Gasteiger partial charge is 0.456 e. The lowest BCUT2D eigenvalue weighted by atomic mass is 10.0. The Morgan fingerprint density at radius 3 is 2.53 bits per heavy atom. The molecule has 4 aromatic rings. The van der Waals surface area contributed by atoms with Crippen molar-refractivity contribution >= 4 is 17.2 Å². The summed E-state index contributed by atoms with van der Waals surface area (Å²) < 4.78 is 45.8. The Hall–Kier alpha value is -4.01. The Balaban J connectivity index is 1.76. The average molecular weight is 468 g/mol. The number of hydrogen-bond acceptors (Lipinski definition) is 4. The number of para-hydroxylation sites is 1. The van der Waals surface area contributed by atoms with Gasteiger partial charge in [-0.05, 0) is 36.8 Å². The first-order chi connectivity index (χ1) is 16.2. The number of hydrogen-bond donors (Lipinski definition) is 2. The number of amides is 1. The van der Waals surface area contributed by atoms with Crippen LogP contribution in [0, 0.1) is 6.92 Å². The van der Waals surface area contributed by atoms with E-state index < -0.39 is 12.6 Å². The SMILES string of the molecule is CNC(=O)c1ccc(-c2cnc3c(NCCC(F)(F)F)cc(Oc4ccccc4)cn23)cc1C. The van der Waals surface area contributed by atoms with Crippen LogP contribution in [-0.2, 0) is 0 Å². The van der Waals surface area contributed by atoms with Gasteiger partial charge in [0.15, 0.2) is 5.65 Å². The molecule has 0 fully saturated rings. The number of fused-ring (bicyclic) bond motifs is 1. The Labute approximate surface area is 194 Å². The second kappa shape index (κ2) is 9.46. The number of benzene rings is 2. The highest BCUT2D eigenvalue weighted by atomic mass is 19.4. The number of nitrogens with one attached hydrogen (secondary N) is 2. The predicted molar refractivity (Wildman–Crippen MR) is 124 cm³/mol. The fraction of sp³-hybridized carbons (Fsp3) is 0.200. The first-order valence-electron chi connectivity index (χ1n) is 10.6. The maximum absolute atomic E-state index is 12.7. The van der Waals surface area contributed by atoms with E-state index in [1.807, 2.05) is 37.3 Å². The second-order valence-electron chi connectivity index (χ2n) is 7.74. The molecular formula is C25H23F3N4O2. The number of anilines is 1. The first-order valence-corrected chi connectivity index (χ1v) is 10.6. The number of imidazole rings is 1. The fourth-order valence-electron chi connectivity index (χ4n) is 3.64. The van der Waals surface area contributed by atoms with Gasteiger partial charge in [-0.15, -0.1) is 0 Å². The lowest BCUT2D eigenvalue weighted by molar-refractivity contribution is -0.131. The third-order valence-electron chi connectivity index (χ3n) is 5.28. The molecule has 2 aromatic heterocycles. The number of halogens is 3. The number of rotatable bonds is 7. The summed E-state index contributed by atoms with van der Waals surface area (Å²) >= 11 is 0. The Morgan fingerprint density at radius 1 is 1.09 bits per heavy atom. The summed E-state index contributed by atoms with van der Waals surface area (Å²) in [6.45, 7) is 1.54. The molecule has 0 aliphatic rings. The smallest absolute Gasteiger partial charge is 0.390 e. The quantitative estimate of drug-likeness (QED) is 0.358. The molecule has 0 spiro atoms. The van der Waals surface area contributed by atoms with Crippen LogP contribution in [0.1, 0.15) is 22.3 Å².